The van der Waals surface area contributed by atoms with Gasteiger partial charge in [-0.3, -0.25) is 14.5 Å². The molecule has 3 aliphatic heterocycles. The molecule has 8 rings (SSSR count). The highest BCUT2D eigenvalue weighted by Crippen LogP contribution is 2.37. The normalized spacial score (nSPS) is 19.5. The van der Waals surface area contributed by atoms with Gasteiger partial charge in [-0.25, -0.2) is 14.8 Å². The van der Waals surface area contributed by atoms with Gasteiger partial charge in [0.05, 0.1) is 35.9 Å². The van der Waals surface area contributed by atoms with Crippen LogP contribution < -0.4 is 5.32 Å². The summed E-state index contributed by atoms with van der Waals surface area (Å²) in [5.74, 6) is 1.45. The largest absolute Gasteiger partial charge is 0.465 e. The van der Waals surface area contributed by atoms with Gasteiger partial charge in [-0.15, -0.1) is 0 Å². The molecule has 3 atom stereocenters. The van der Waals surface area contributed by atoms with Crippen molar-refractivity contribution in [3.8, 4) is 33.6 Å². The van der Waals surface area contributed by atoms with Crippen LogP contribution in [0.5, 0.6) is 0 Å². The highest BCUT2D eigenvalue weighted by molar-refractivity contribution is 5.84. The van der Waals surface area contributed by atoms with E-state index in [2.05, 4.69) is 85.8 Å². The molecule has 5 heterocycles. The number of nitrogens with zero attached hydrogens (tertiary/aromatic N) is 5. The van der Waals surface area contributed by atoms with E-state index in [1.807, 2.05) is 29.3 Å². The van der Waals surface area contributed by atoms with Gasteiger partial charge in [0.2, 0.25) is 11.8 Å². The second kappa shape index (κ2) is 15.1. The summed E-state index contributed by atoms with van der Waals surface area (Å²) in [6.45, 7) is 2.95. The summed E-state index contributed by atoms with van der Waals surface area (Å²) in [6.07, 6.45) is 8.15. The molecule has 272 valence electrons. The molecule has 5 aromatic rings. The van der Waals surface area contributed by atoms with Crippen LogP contribution in [0.3, 0.4) is 0 Å². The monoisotopic (exact) mass is 712 g/mol. The molecule has 3 amide bonds. The van der Waals surface area contributed by atoms with Crippen molar-refractivity contribution >= 4 is 17.9 Å². The molecule has 0 saturated carbocycles. The zero-order valence-corrected chi connectivity index (χ0v) is 29.6. The van der Waals surface area contributed by atoms with E-state index in [0.717, 1.165) is 103 Å². The molecular weight excluding hydrogens is 669 g/mol. The quantitative estimate of drug-likeness (QED) is 0.128. The summed E-state index contributed by atoms with van der Waals surface area (Å²) in [7, 11) is 0. The molecule has 4 N–H and O–H groups in total. The minimum atomic E-state index is -1.22. The molecule has 0 aliphatic carbocycles. The van der Waals surface area contributed by atoms with Gasteiger partial charge in [-0.1, -0.05) is 78.9 Å². The predicted molar refractivity (Wildman–Crippen MR) is 200 cm³/mol. The second-order valence-electron chi connectivity index (χ2n) is 14.2. The minimum absolute atomic E-state index is 0.0745. The van der Waals surface area contributed by atoms with E-state index in [4.69, 9.17) is 10.1 Å². The highest BCUT2D eigenvalue weighted by Gasteiger charge is 2.39. The predicted octanol–water partition coefficient (Wildman–Crippen LogP) is 6.57. The van der Waals surface area contributed by atoms with E-state index in [9.17, 15) is 14.4 Å². The number of benzene rings is 3. The van der Waals surface area contributed by atoms with Crippen LogP contribution in [0.25, 0.3) is 33.6 Å². The Morgan fingerprint density at radius 3 is 1.74 bits per heavy atom. The molecule has 1 unspecified atom stereocenters. The Balaban J connectivity index is 0.928. The first-order valence-corrected chi connectivity index (χ1v) is 18.6. The topological polar surface area (TPSA) is 151 Å². The van der Waals surface area contributed by atoms with Crippen LogP contribution in [0.2, 0.25) is 0 Å². The second-order valence-corrected chi connectivity index (χ2v) is 14.2. The highest BCUT2D eigenvalue weighted by atomic mass is 16.4. The first-order valence-electron chi connectivity index (χ1n) is 18.6. The number of rotatable bonds is 10. The van der Waals surface area contributed by atoms with E-state index in [0.29, 0.717) is 12.4 Å². The van der Waals surface area contributed by atoms with Crippen LogP contribution in [0.15, 0.2) is 91.3 Å². The molecule has 3 saturated heterocycles. The van der Waals surface area contributed by atoms with Crippen molar-refractivity contribution in [2.45, 2.75) is 56.7 Å². The lowest BCUT2D eigenvalue weighted by Crippen LogP contribution is -2.42. The first kappa shape index (κ1) is 34.3. The van der Waals surface area contributed by atoms with Gasteiger partial charge in [0.25, 0.3) is 0 Å². The number of nitrogens with one attached hydrogen (secondary N) is 3. The lowest BCUT2D eigenvalue weighted by atomic mass is 10.0. The smallest absolute Gasteiger partial charge is 0.405 e. The number of aromatic nitrogens is 4. The molecule has 0 bridgehead atoms. The molecule has 53 heavy (non-hydrogen) atoms. The zero-order chi connectivity index (χ0) is 36.3. The summed E-state index contributed by atoms with van der Waals surface area (Å²) < 4.78 is 0. The Morgan fingerprint density at radius 2 is 1.19 bits per heavy atom. The van der Waals surface area contributed by atoms with Crippen molar-refractivity contribution in [2.24, 2.45) is 0 Å². The van der Waals surface area contributed by atoms with E-state index < -0.39 is 6.09 Å². The third-order valence-corrected chi connectivity index (χ3v) is 10.9. The number of imidazole rings is 2. The van der Waals surface area contributed by atoms with Gasteiger partial charge in [0, 0.05) is 13.1 Å². The zero-order valence-electron chi connectivity index (χ0n) is 29.6. The standard InChI is InChI=1S/C41H44N8O4/c50-36(26-44-41(52)53)48-22-6-10-34(48)38-42-24-32(45-38)29-16-12-27(13-17-29)28-14-18-30(19-15-28)33-25-43-39(46-33)35-11-7-23-49(35)40(51)37(47-20-4-5-21-47)31-8-2-1-3-9-31/h1-3,8-9,12-19,24-25,34-35,37,44H,4-7,10-11,20-23,26H2,(H,42,45)(H,43,46)(H,52,53)/t34-,35-,37?/m0/s1. The maximum absolute atomic E-state index is 14.2. The maximum Gasteiger partial charge on any atom is 0.405 e. The average molecular weight is 713 g/mol. The molecular formula is C41H44N8O4. The summed E-state index contributed by atoms with van der Waals surface area (Å²) in [4.78, 5) is 60.1. The van der Waals surface area contributed by atoms with E-state index in [-0.39, 0.29) is 36.5 Å². The molecule has 3 aromatic carbocycles. The van der Waals surface area contributed by atoms with Gasteiger partial charge in [-0.2, -0.15) is 0 Å². The van der Waals surface area contributed by atoms with Gasteiger partial charge in [-0.05, 0) is 79.4 Å². The van der Waals surface area contributed by atoms with E-state index >= 15 is 0 Å². The number of amides is 3. The first-order chi connectivity index (χ1) is 25.9. The van der Waals surface area contributed by atoms with Crippen molar-refractivity contribution in [1.82, 2.24) is 40.0 Å². The third-order valence-electron chi connectivity index (χ3n) is 10.9. The third kappa shape index (κ3) is 7.19. The number of H-pyrrole nitrogens is 2. The van der Waals surface area contributed by atoms with Gasteiger partial charge < -0.3 is 30.2 Å². The molecule has 12 heteroatoms. The van der Waals surface area contributed by atoms with Gasteiger partial charge in [0.15, 0.2) is 0 Å². The van der Waals surface area contributed by atoms with Crippen LogP contribution in [0.1, 0.15) is 73.9 Å². The lowest BCUT2D eigenvalue weighted by Gasteiger charge is -2.33. The molecule has 0 spiro atoms. The Hall–Kier alpha value is -5.75. The number of carbonyl (C=O) groups excluding carboxylic acids is 2. The van der Waals surface area contributed by atoms with Gasteiger partial charge in [0.1, 0.15) is 24.2 Å². The Kier molecular flexibility index (Phi) is 9.77. The molecule has 2 aromatic heterocycles. The van der Waals surface area contributed by atoms with Crippen molar-refractivity contribution in [3.63, 3.8) is 0 Å². The number of carbonyl (C=O) groups is 3. The fourth-order valence-corrected chi connectivity index (χ4v) is 8.21. The number of likely N-dealkylation sites (tertiary alicyclic amines) is 3. The van der Waals surface area contributed by atoms with Crippen molar-refractivity contribution in [2.75, 3.05) is 32.7 Å². The van der Waals surface area contributed by atoms with E-state index in [1.165, 1.54) is 0 Å². The van der Waals surface area contributed by atoms with Crippen molar-refractivity contribution in [1.29, 1.82) is 0 Å². The number of hydrogen-bond donors (Lipinski definition) is 4. The Bertz CT molecular complexity index is 2050. The van der Waals surface area contributed by atoms with E-state index in [1.54, 1.807) is 11.1 Å². The summed E-state index contributed by atoms with van der Waals surface area (Å²) >= 11 is 0. The van der Waals surface area contributed by atoms with Crippen LogP contribution in [-0.2, 0) is 9.59 Å². The average Bonchev–Trinajstić information content (AvgIpc) is 4.04. The number of carboxylic acid groups (broad SMARTS) is 1. The SMILES string of the molecule is O=C(O)NCC(=O)N1CCC[C@H]1c1ncc(-c2ccc(-c3ccc(-c4cnc([C@@H]5CCCN5C(=O)C(c5ccccc5)N5CCCC5)[nH]4)cc3)cc2)[nH]1. The van der Waals surface area contributed by atoms with Crippen LogP contribution >= 0.6 is 0 Å². The Morgan fingerprint density at radius 1 is 0.679 bits per heavy atom. The summed E-state index contributed by atoms with van der Waals surface area (Å²) in [5.41, 5.74) is 7.02. The number of hydrogen-bond acceptors (Lipinski definition) is 6. The van der Waals surface area contributed by atoms with Crippen LogP contribution in [0, 0.1) is 0 Å². The summed E-state index contributed by atoms with van der Waals surface area (Å²) in [6, 6.07) is 26.3. The van der Waals surface area contributed by atoms with Crippen molar-refractivity contribution < 1.29 is 19.5 Å². The lowest BCUT2D eigenvalue weighted by molar-refractivity contribution is -0.138. The fourth-order valence-electron chi connectivity index (χ4n) is 8.21. The van der Waals surface area contributed by atoms with Crippen molar-refractivity contribution in [3.05, 3.63) is 108 Å². The number of aromatic amines is 2. The minimum Gasteiger partial charge on any atom is -0.465 e. The maximum atomic E-state index is 14.2. The Labute approximate surface area is 308 Å². The van der Waals surface area contributed by atoms with Gasteiger partial charge >= 0.3 is 6.09 Å². The van der Waals surface area contributed by atoms with Crippen LogP contribution in [-0.4, -0.2) is 90.4 Å². The van der Waals surface area contributed by atoms with Crippen LogP contribution in [0.4, 0.5) is 4.79 Å². The molecule has 3 aliphatic rings. The molecule has 3 fully saturated rings. The molecule has 0 radical (unpaired) electrons. The fraction of sp³-hybridized carbons (Fsp3) is 0.341. The molecule has 12 nitrogen and oxygen atoms in total. The summed E-state index contributed by atoms with van der Waals surface area (Å²) in [5, 5.41) is 11.0.